The summed E-state index contributed by atoms with van der Waals surface area (Å²) in [5.41, 5.74) is 6.90. The normalized spacial score (nSPS) is 14.8. The van der Waals surface area contributed by atoms with Crippen molar-refractivity contribution >= 4 is 5.57 Å². The number of fused-ring (bicyclic) bond motifs is 1. The van der Waals surface area contributed by atoms with Crippen LogP contribution in [0.1, 0.15) is 23.6 Å². The maximum atomic E-state index is 3.90. The zero-order chi connectivity index (χ0) is 10.8. The second kappa shape index (κ2) is 3.90. The highest BCUT2D eigenvalue weighted by Gasteiger charge is 2.18. The van der Waals surface area contributed by atoms with Crippen molar-refractivity contribution in [3.63, 3.8) is 0 Å². The first-order valence-electron chi connectivity index (χ1n) is 5.35. The summed E-state index contributed by atoms with van der Waals surface area (Å²) in [5.74, 6) is 0. The van der Waals surface area contributed by atoms with Crippen molar-refractivity contribution in [2.45, 2.75) is 20.3 Å². The molecular weight excluding hydrogens is 180 g/mol. The average Bonchev–Trinajstić information content (AvgIpc) is 2.59. The van der Waals surface area contributed by atoms with Crippen molar-refractivity contribution < 1.29 is 0 Å². The Morgan fingerprint density at radius 3 is 2.80 bits per heavy atom. The van der Waals surface area contributed by atoms with Crippen LogP contribution in [-0.4, -0.2) is 0 Å². The Kier molecular flexibility index (Phi) is 2.59. The van der Waals surface area contributed by atoms with Gasteiger partial charge in [-0.25, -0.2) is 0 Å². The molecule has 0 aromatic heterocycles. The molecule has 0 radical (unpaired) electrons. The van der Waals surface area contributed by atoms with Crippen molar-refractivity contribution in [1.29, 1.82) is 0 Å². The SMILES string of the molecule is C=CC1=C(/C=C\C)c2cccc(C)c2C1. The summed E-state index contributed by atoms with van der Waals surface area (Å²) >= 11 is 0. The number of hydrogen-bond donors (Lipinski definition) is 0. The van der Waals surface area contributed by atoms with Crippen LogP contribution in [0.2, 0.25) is 0 Å². The molecule has 0 spiro atoms. The standard InChI is InChI=1S/C15H16/c1-4-7-13-12(5-2)10-15-11(3)8-6-9-14(13)15/h4-9H,2,10H2,1,3H3/b7-4-. The van der Waals surface area contributed by atoms with Gasteiger partial charge in [-0.2, -0.15) is 0 Å². The van der Waals surface area contributed by atoms with Crippen LogP contribution in [0.15, 0.2) is 48.6 Å². The third kappa shape index (κ3) is 1.56. The van der Waals surface area contributed by atoms with E-state index >= 15 is 0 Å². The Morgan fingerprint density at radius 2 is 2.13 bits per heavy atom. The molecule has 0 unspecified atom stereocenters. The minimum Gasteiger partial charge on any atom is -0.0988 e. The third-order valence-electron chi connectivity index (χ3n) is 2.99. The second-order valence-corrected chi connectivity index (χ2v) is 3.92. The lowest BCUT2D eigenvalue weighted by Crippen LogP contribution is -1.87. The molecule has 2 rings (SSSR count). The lowest BCUT2D eigenvalue weighted by molar-refractivity contribution is 1.20. The summed E-state index contributed by atoms with van der Waals surface area (Å²) < 4.78 is 0. The summed E-state index contributed by atoms with van der Waals surface area (Å²) in [6.45, 7) is 8.13. The molecule has 76 valence electrons. The van der Waals surface area contributed by atoms with Gasteiger partial charge >= 0.3 is 0 Å². The summed E-state index contributed by atoms with van der Waals surface area (Å²) in [5, 5.41) is 0. The van der Waals surface area contributed by atoms with E-state index in [0.29, 0.717) is 0 Å². The van der Waals surface area contributed by atoms with E-state index in [2.05, 4.69) is 50.8 Å². The number of allylic oxidation sites excluding steroid dienone is 5. The molecule has 1 aliphatic rings. The van der Waals surface area contributed by atoms with Crippen molar-refractivity contribution in [2.24, 2.45) is 0 Å². The molecular formula is C15H16. The first-order chi connectivity index (χ1) is 7.27. The van der Waals surface area contributed by atoms with E-state index in [1.54, 1.807) is 0 Å². The lowest BCUT2D eigenvalue weighted by Gasteiger charge is -2.03. The molecule has 0 aliphatic heterocycles. The Bertz CT molecular complexity index is 459. The van der Waals surface area contributed by atoms with Crippen LogP contribution >= 0.6 is 0 Å². The fourth-order valence-electron chi connectivity index (χ4n) is 2.19. The molecule has 0 saturated carbocycles. The highest BCUT2D eigenvalue weighted by molar-refractivity contribution is 5.85. The van der Waals surface area contributed by atoms with E-state index in [-0.39, 0.29) is 0 Å². The Balaban J connectivity index is 2.60. The van der Waals surface area contributed by atoms with Gasteiger partial charge < -0.3 is 0 Å². The topological polar surface area (TPSA) is 0 Å². The average molecular weight is 196 g/mol. The molecule has 0 bridgehead atoms. The fraction of sp³-hybridized carbons (Fsp3) is 0.200. The highest BCUT2D eigenvalue weighted by Crippen LogP contribution is 2.35. The molecule has 1 aliphatic carbocycles. The van der Waals surface area contributed by atoms with Gasteiger partial charge in [-0.3, -0.25) is 0 Å². The molecule has 0 nitrogen and oxygen atoms in total. The van der Waals surface area contributed by atoms with Crippen LogP contribution in [0.4, 0.5) is 0 Å². The van der Waals surface area contributed by atoms with E-state index < -0.39 is 0 Å². The van der Waals surface area contributed by atoms with Gasteiger partial charge in [0.25, 0.3) is 0 Å². The van der Waals surface area contributed by atoms with Crippen molar-refractivity contribution in [3.05, 3.63) is 65.3 Å². The number of rotatable bonds is 2. The first kappa shape index (κ1) is 9.97. The van der Waals surface area contributed by atoms with Crippen molar-refractivity contribution in [2.75, 3.05) is 0 Å². The first-order valence-corrected chi connectivity index (χ1v) is 5.35. The zero-order valence-electron chi connectivity index (χ0n) is 9.38. The van der Waals surface area contributed by atoms with Gasteiger partial charge in [-0.05, 0) is 48.1 Å². The summed E-state index contributed by atoms with van der Waals surface area (Å²) in [7, 11) is 0. The van der Waals surface area contributed by atoms with Gasteiger partial charge in [0, 0.05) is 0 Å². The minimum atomic E-state index is 1.03. The van der Waals surface area contributed by atoms with E-state index in [0.717, 1.165) is 6.42 Å². The van der Waals surface area contributed by atoms with Crippen LogP contribution in [-0.2, 0) is 6.42 Å². The molecule has 0 fully saturated rings. The van der Waals surface area contributed by atoms with E-state index in [4.69, 9.17) is 0 Å². The predicted molar refractivity (Wildman–Crippen MR) is 66.8 cm³/mol. The van der Waals surface area contributed by atoms with E-state index in [9.17, 15) is 0 Å². The molecule has 0 N–H and O–H groups in total. The summed E-state index contributed by atoms with van der Waals surface area (Å²) in [6, 6.07) is 6.51. The molecule has 1 aromatic rings. The Hall–Kier alpha value is -1.56. The van der Waals surface area contributed by atoms with Crippen LogP contribution < -0.4 is 0 Å². The maximum Gasteiger partial charge on any atom is -0.00110 e. The fourth-order valence-corrected chi connectivity index (χ4v) is 2.19. The zero-order valence-corrected chi connectivity index (χ0v) is 9.38. The van der Waals surface area contributed by atoms with Gasteiger partial charge in [0.05, 0.1) is 0 Å². The number of aryl methyl sites for hydroxylation is 1. The number of hydrogen-bond acceptors (Lipinski definition) is 0. The largest absolute Gasteiger partial charge is 0.0988 e. The Morgan fingerprint density at radius 1 is 1.33 bits per heavy atom. The van der Waals surface area contributed by atoms with Gasteiger partial charge in [0.1, 0.15) is 0 Å². The van der Waals surface area contributed by atoms with Crippen LogP contribution in [0.3, 0.4) is 0 Å². The quantitative estimate of drug-likeness (QED) is 0.669. The smallest absolute Gasteiger partial charge is 0.00110 e. The van der Waals surface area contributed by atoms with Crippen LogP contribution in [0, 0.1) is 6.92 Å². The predicted octanol–water partition coefficient (Wildman–Crippen LogP) is 4.07. The summed E-state index contributed by atoms with van der Waals surface area (Å²) in [4.78, 5) is 0. The maximum absolute atomic E-state index is 3.90. The van der Waals surface area contributed by atoms with Gasteiger partial charge in [0.15, 0.2) is 0 Å². The Labute approximate surface area is 91.6 Å². The highest BCUT2D eigenvalue weighted by atomic mass is 14.2. The monoisotopic (exact) mass is 196 g/mol. The van der Waals surface area contributed by atoms with E-state index in [1.165, 1.54) is 27.8 Å². The van der Waals surface area contributed by atoms with Crippen LogP contribution in [0.25, 0.3) is 5.57 Å². The third-order valence-corrected chi connectivity index (χ3v) is 2.99. The van der Waals surface area contributed by atoms with Crippen molar-refractivity contribution in [3.8, 4) is 0 Å². The van der Waals surface area contributed by atoms with Gasteiger partial charge in [-0.15, -0.1) is 0 Å². The lowest BCUT2D eigenvalue weighted by atomic mass is 10.0. The minimum absolute atomic E-state index is 1.03. The van der Waals surface area contributed by atoms with E-state index in [1.807, 2.05) is 6.08 Å². The second-order valence-electron chi connectivity index (χ2n) is 3.92. The molecule has 0 heterocycles. The molecule has 1 aromatic carbocycles. The number of benzene rings is 1. The van der Waals surface area contributed by atoms with Crippen LogP contribution in [0.5, 0.6) is 0 Å². The summed E-state index contributed by atoms with van der Waals surface area (Å²) in [6.07, 6.45) is 7.29. The molecule has 0 atom stereocenters. The molecule has 0 heteroatoms. The molecule has 15 heavy (non-hydrogen) atoms. The molecule has 0 saturated heterocycles. The molecule has 0 amide bonds. The van der Waals surface area contributed by atoms with Gasteiger partial charge in [0.2, 0.25) is 0 Å². The van der Waals surface area contributed by atoms with Crippen molar-refractivity contribution in [1.82, 2.24) is 0 Å². The van der Waals surface area contributed by atoms with Gasteiger partial charge in [-0.1, -0.05) is 43.0 Å².